The Morgan fingerprint density at radius 2 is 1.86 bits per heavy atom. The molecule has 1 heterocycles. The molecular formula is C19H25F4N3O3. The van der Waals surface area contributed by atoms with Crippen molar-refractivity contribution in [2.75, 3.05) is 6.54 Å². The third-order valence-corrected chi connectivity index (χ3v) is 4.81. The van der Waals surface area contributed by atoms with Gasteiger partial charge in [0.2, 0.25) is 5.91 Å². The number of halogens is 4. The van der Waals surface area contributed by atoms with Gasteiger partial charge >= 0.3 is 0 Å². The summed E-state index contributed by atoms with van der Waals surface area (Å²) >= 11 is 0. The number of benzene rings is 1. The quantitative estimate of drug-likeness (QED) is 0.462. The molecule has 1 saturated heterocycles. The highest BCUT2D eigenvalue weighted by Crippen LogP contribution is 2.24. The van der Waals surface area contributed by atoms with Crippen molar-refractivity contribution in [3.63, 3.8) is 0 Å². The smallest absolute Gasteiger partial charge is 0.257 e. The van der Waals surface area contributed by atoms with Crippen LogP contribution in [-0.4, -0.2) is 52.3 Å². The maximum atomic E-state index is 13.8. The van der Waals surface area contributed by atoms with Crippen molar-refractivity contribution in [1.29, 1.82) is 0 Å². The molecule has 1 aromatic rings. The number of aliphatic hydroxyl groups is 1. The second-order valence-corrected chi connectivity index (χ2v) is 7.72. The van der Waals surface area contributed by atoms with Crippen molar-refractivity contribution in [2.24, 2.45) is 5.73 Å². The number of carbonyl (C=O) groups excluding carboxylic acids is 2. The molecule has 0 bridgehead atoms. The zero-order valence-electron chi connectivity index (χ0n) is 16.2. The highest BCUT2D eigenvalue weighted by atomic mass is 19.2. The maximum Gasteiger partial charge on any atom is 0.257 e. The van der Waals surface area contributed by atoms with E-state index in [2.05, 4.69) is 5.32 Å². The van der Waals surface area contributed by atoms with Crippen LogP contribution in [0.25, 0.3) is 0 Å². The minimum absolute atomic E-state index is 0.0397. The van der Waals surface area contributed by atoms with Gasteiger partial charge < -0.3 is 21.1 Å². The molecule has 0 aliphatic carbocycles. The van der Waals surface area contributed by atoms with E-state index in [0.29, 0.717) is 18.6 Å². The topological polar surface area (TPSA) is 95.7 Å². The molecule has 1 aromatic carbocycles. The molecule has 1 aliphatic rings. The summed E-state index contributed by atoms with van der Waals surface area (Å²) in [6.45, 7) is 2.17. The highest BCUT2D eigenvalue weighted by Gasteiger charge is 2.37. The van der Waals surface area contributed by atoms with Gasteiger partial charge in [-0.25, -0.2) is 17.6 Å². The van der Waals surface area contributed by atoms with Gasteiger partial charge in [0.05, 0.1) is 6.04 Å². The number of likely N-dealkylation sites (tertiary alicyclic amines) is 1. The van der Waals surface area contributed by atoms with Crippen LogP contribution in [0, 0.1) is 17.5 Å². The molecule has 6 nitrogen and oxygen atoms in total. The van der Waals surface area contributed by atoms with Crippen molar-refractivity contribution in [1.82, 2.24) is 10.2 Å². The zero-order valence-corrected chi connectivity index (χ0v) is 16.2. The summed E-state index contributed by atoms with van der Waals surface area (Å²) < 4.78 is 53.7. The fraction of sp³-hybridized carbons (Fsp3) is 0.579. The van der Waals surface area contributed by atoms with Gasteiger partial charge in [-0.05, 0) is 44.7 Å². The van der Waals surface area contributed by atoms with Crippen LogP contribution in [-0.2, 0) is 16.0 Å². The van der Waals surface area contributed by atoms with E-state index in [1.54, 1.807) is 0 Å². The number of amides is 2. The summed E-state index contributed by atoms with van der Waals surface area (Å²) in [4.78, 5) is 25.4. The lowest BCUT2D eigenvalue weighted by atomic mass is 10.0. The fourth-order valence-corrected chi connectivity index (χ4v) is 3.26. The summed E-state index contributed by atoms with van der Waals surface area (Å²) in [5, 5.41) is 12.5. The van der Waals surface area contributed by atoms with Crippen molar-refractivity contribution in [3.05, 3.63) is 35.1 Å². The Balaban J connectivity index is 1.98. The summed E-state index contributed by atoms with van der Waals surface area (Å²) in [5.41, 5.74) is 3.62. The van der Waals surface area contributed by atoms with E-state index in [9.17, 15) is 32.3 Å². The normalized spacial score (nSPS) is 20.6. The van der Waals surface area contributed by atoms with Crippen molar-refractivity contribution >= 4 is 11.8 Å². The predicted molar refractivity (Wildman–Crippen MR) is 96.7 cm³/mol. The third-order valence-electron chi connectivity index (χ3n) is 4.81. The van der Waals surface area contributed by atoms with Gasteiger partial charge in [0, 0.05) is 25.1 Å². The minimum Gasteiger partial charge on any atom is -0.374 e. The van der Waals surface area contributed by atoms with Crippen molar-refractivity contribution in [2.45, 2.75) is 63.5 Å². The molecule has 1 unspecified atom stereocenters. The van der Waals surface area contributed by atoms with E-state index in [1.165, 1.54) is 0 Å². The molecule has 1 aliphatic heterocycles. The average Bonchev–Trinajstić information content (AvgIpc) is 2.97. The van der Waals surface area contributed by atoms with Gasteiger partial charge in [-0.1, -0.05) is 0 Å². The van der Waals surface area contributed by atoms with Crippen molar-refractivity contribution < 1.29 is 32.3 Å². The maximum absolute atomic E-state index is 13.8. The van der Waals surface area contributed by atoms with Crippen LogP contribution in [0.2, 0.25) is 0 Å². The first kappa shape index (κ1) is 23.1. The first-order valence-electron chi connectivity index (χ1n) is 9.25. The van der Waals surface area contributed by atoms with E-state index in [1.807, 2.05) is 0 Å². The fourth-order valence-electron chi connectivity index (χ4n) is 3.26. The number of nitrogens with two attached hydrogens (primary N) is 1. The molecule has 3 atom stereocenters. The van der Waals surface area contributed by atoms with E-state index in [4.69, 9.17) is 5.73 Å². The molecule has 10 heteroatoms. The summed E-state index contributed by atoms with van der Waals surface area (Å²) in [5.74, 6) is -4.89. The lowest BCUT2D eigenvalue weighted by Gasteiger charge is -2.29. The Hall–Kier alpha value is -2.20. The van der Waals surface area contributed by atoms with Crippen LogP contribution in [0.5, 0.6) is 0 Å². The van der Waals surface area contributed by atoms with E-state index >= 15 is 0 Å². The number of alkyl halides is 1. The number of hydrogen-bond donors (Lipinski definition) is 3. The molecular weight excluding hydrogens is 394 g/mol. The van der Waals surface area contributed by atoms with Crippen LogP contribution in [0.15, 0.2) is 12.1 Å². The standard InChI is InChI=1S/C19H25F4N3O3/c1-19(2,23)18(29)25-9-12-3-4-16(27)26(12)17(28)7-11(24)5-10-6-14(21)15(22)8-13(10)20/h6,8,11-12,16,27H,3-5,7,9,24H2,1-2H3,(H,25,29)/t11-,12+,16?/m1/s1. The van der Waals surface area contributed by atoms with Gasteiger partial charge in [0.15, 0.2) is 17.3 Å². The Kier molecular flexibility index (Phi) is 7.23. The molecule has 4 N–H and O–H groups in total. The van der Waals surface area contributed by atoms with Gasteiger partial charge in [0.25, 0.3) is 5.91 Å². The molecule has 1 fully saturated rings. The Morgan fingerprint density at radius 1 is 1.24 bits per heavy atom. The lowest BCUT2D eigenvalue weighted by Crippen LogP contribution is -2.50. The summed E-state index contributed by atoms with van der Waals surface area (Å²) in [6, 6.07) is -0.351. The molecule has 162 valence electrons. The van der Waals surface area contributed by atoms with Crippen LogP contribution in [0.4, 0.5) is 17.6 Å². The highest BCUT2D eigenvalue weighted by molar-refractivity contribution is 5.84. The molecule has 0 aromatic heterocycles. The second kappa shape index (κ2) is 9.08. The molecule has 2 rings (SSSR count). The molecule has 29 heavy (non-hydrogen) atoms. The largest absolute Gasteiger partial charge is 0.374 e. The number of nitrogens with one attached hydrogen (secondary N) is 1. The van der Waals surface area contributed by atoms with Crippen LogP contribution in [0.3, 0.4) is 0 Å². The SMILES string of the molecule is CC(C)(F)C(=O)NC[C@@H]1CCC(O)N1C(=O)C[C@H](N)Cc1cc(F)c(F)cc1F. The van der Waals surface area contributed by atoms with Gasteiger partial charge in [-0.15, -0.1) is 0 Å². The molecule has 0 radical (unpaired) electrons. The number of nitrogens with zero attached hydrogens (tertiary/aromatic N) is 1. The minimum atomic E-state index is -2.08. The predicted octanol–water partition coefficient (Wildman–Crippen LogP) is 1.54. The number of rotatable bonds is 7. The Bertz CT molecular complexity index is 770. The summed E-state index contributed by atoms with van der Waals surface area (Å²) in [7, 11) is 0. The number of carbonyl (C=O) groups is 2. The first-order valence-corrected chi connectivity index (χ1v) is 9.25. The molecule has 2 amide bonds. The second-order valence-electron chi connectivity index (χ2n) is 7.72. The molecule has 0 saturated carbocycles. The van der Waals surface area contributed by atoms with Gasteiger partial charge in [-0.2, -0.15) is 0 Å². The lowest BCUT2D eigenvalue weighted by molar-refractivity contribution is -0.142. The zero-order chi connectivity index (χ0) is 21.9. The van der Waals surface area contributed by atoms with E-state index < -0.39 is 53.2 Å². The van der Waals surface area contributed by atoms with Gasteiger partial charge in [-0.3, -0.25) is 9.59 Å². The third kappa shape index (κ3) is 5.89. The molecule has 0 spiro atoms. The van der Waals surface area contributed by atoms with Crippen molar-refractivity contribution in [3.8, 4) is 0 Å². The van der Waals surface area contributed by atoms with E-state index in [-0.39, 0.29) is 31.4 Å². The Morgan fingerprint density at radius 3 is 2.48 bits per heavy atom. The monoisotopic (exact) mass is 419 g/mol. The Labute approximate surface area is 166 Å². The van der Waals surface area contributed by atoms with Gasteiger partial charge in [0.1, 0.15) is 12.0 Å². The van der Waals surface area contributed by atoms with Crippen LogP contribution < -0.4 is 11.1 Å². The number of hydrogen-bond acceptors (Lipinski definition) is 4. The summed E-state index contributed by atoms with van der Waals surface area (Å²) in [6.07, 6.45) is -0.911. The van der Waals surface area contributed by atoms with E-state index in [0.717, 1.165) is 18.7 Å². The average molecular weight is 419 g/mol. The number of aliphatic hydroxyl groups excluding tert-OH is 1. The van der Waals surface area contributed by atoms with Crippen LogP contribution >= 0.6 is 0 Å². The van der Waals surface area contributed by atoms with Crippen LogP contribution in [0.1, 0.15) is 38.7 Å². The first-order chi connectivity index (χ1) is 13.4.